The van der Waals surface area contributed by atoms with Crippen molar-refractivity contribution in [2.24, 2.45) is 0 Å². The van der Waals surface area contributed by atoms with Crippen molar-refractivity contribution in [3.63, 3.8) is 0 Å². The maximum Gasteiger partial charge on any atom is 0.145 e. The molecule has 0 spiro atoms. The van der Waals surface area contributed by atoms with Crippen LogP contribution in [-0.4, -0.2) is 7.85 Å². The van der Waals surface area contributed by atoms with Gasteiger partial charge in [0.05, 0.1) is 0 Å². The monoisotopic (exact) mass is 206 g/mol. The third kappa shape index (κ3) is 1.35. The van der Waals surface area contributed by atoms with E-state index < -0.39 is 0 Å². The summed E-state index contributed by atoms with van der Waals surface area (Å²) in [5.74, 6) is 0.974. The van der Waals surface area contributed by atoms with Gasteiger partial charge in [0.15, 0.2) is 0 Å². The number of hydrogen-bond acceptors (Lipinski definition) is 1. The lowest BCUT2D eigenvalue weighted by molar-refractivity contribution is 0.633. The van der Waals surface area contributed by atoms with Crippen LogP contribution in [0.25, 0.3) is 22.3 Å². The minimum absolute atomic E-state index is 0.957. The maximum atomic E-state index is 5.88. The van der Waals surface area contributed by atoms with Gasteiger partial charge in [-0.2, -0.15) is 0 Å². The fourth-order valence-corrected chi connectivity index (χ4v) is 2.04. The quantitative estimate of drug-likeness (QED) is 0.557. The number of para-hydroxylation sites is 1. The minimum Gasteiger partial charge on any atom is -0.457 e. The molecule has 1 heterocycles. The van der Waals surface area contributed by atoms with Crippen LogP contribution in [-0.2, 0) is 0 Å². The molecule has 0 bridgehead atoms. The van der Waals surface area contributed by atoms with E-state index in [0.29, 0.717) is 0 Å². The van der Waals surface area contributed by atoms with Gasteiger partial charge in [0.25, 0.3) is 0 Å². The highest BCUT2D eigenvalue weighted by Gasteiger charge is 2.10. The van der Waals surface area contributed by atoms with E-state index in [2.05, 4.69) is 26.0 Å². The number of rotatable bonds is 1. The number of furan rings is 1. The molecule has 3 rings (SSSR count). The molecule has 0 saturated heterocycles. The first kappa shape index (κ1) is 9.28. The third-order valence-corrected chi connectivity index (χ3v) is 2.88. The Labute approximate surface area is 95.1 Å². The average molecular weight is 206 g/mol. The SMILES string of the molecule is Bc1c(-c2ccccc2)oc2ccccc12. The van der Waals surface area contributed by atoms with Gasteiger partial charge in [-0.25, -0.2) is 0 Å². The fourth-order valence-electron chi connectivity index (χ4n) is 2.04. The predicted molar refractivity (Wildman–Crippen MR) is 69.8 cm³/mol. The van der Waals surface area contributed by atoms with Gasteiger partial charge in [0, 0.05) is 10.9 Å². The Balaban J connectivity index is 2.29. The molecule has 0 aliphatic heterocycles. The molecule has 0 saturated carbocycles. The van der Waals surface area contributed by atoms with Crippen LogP contribution in [0.4, 0.5) is 0 Å². The minimum atomic E-state index is 0.957. The first-order chi connectivity index (χ1) is 7.86. The molecule has 0 amide bonds. The van der Waals surface area contributed by atoms with Crippen molar-refractivity contribution in [2.75, 3.05) is 0 Å². The van der Waals surface area contributed by atoms with Gasteiger partial charge in [-0.15, -0.1) is 0 Å². The van der Waals surface area contributed by atoms with Gasteiger partial charge in [-0.1, -0.05) is 48.5 Å². The van der Waals surface area contributed by atoms with Crippen molar-refractivity contribution in [3.05, 3.63) is 54.6 Å². The van der Waals surface area contributed by atoms with Gasteiger partial charge in [0.1, 0.15) is 19.2 Å². The summed E-state index contributed by atoms with van der Waals surface area (Å²) in [6.45, 7) is 0. The Morgan fingerprint density at radius 1 is 0.812 bits per heavy atom. The van der Waals surface area contributed by atoms with Gasteiger partial charge in [0.2, 0.25) is 0 Å². The molecule has 0 atom stereocenters. The van der Waals surface area contributed by atoms with Crippen LogP contribution in [0.5, 0.6) is 0 Å². The Morgan fingerprint density at radius 2 is 1.50 bits per heavy atom. The van der Waals surface area contributed by atoms with E-state index in [4.69, 9.17) is 4.42 Å². The van der Waals surface area contributed by atoms with Crippen molar-refractivity contribution in [3.8, 4) is 11.3 Å². The third-order valence-electron chi connectivity index (χ3n) is 2.88. The summed E-state index contributed by atoms with van der Waals surface area (Å²) >= 11 is 0. The Bertz CT molecular complexity index is 626. The predicted octanol–water partition coefficient (Wildman–Crippen LogP) is 2.36. The van der Waals surface area contributed by atoms with Crippen LogP contribution >= 0.6 is 0 Å². The molecule has 2 heteroatoms. The average Bonchev–Trinajstić information content (AvgIpc) is 2.69. The Morgan fingerprint density at radius 3 is 2.25 bits per heavy atom. The van der Waals surface area contributed by atoms with Crippen molar-refractivity contribution in [2.45, 2.75) is 0 Å². The zero-order valence-corrected chi connectivity index (χ0v) is 9.10. The molecule has 1 aromatic heterocycles. The van der Waals surface area contributed by atoms with Crippen LogP contribution in [0.15, 0.2) is 59.0 Å². The number of hydrogen-bond donors (Lipinski definition) is 0. The van der Waals surface area contributed by atoms with Crippen molar-refractivity contribution in [1.29, 1.82) is 0 Å². The first-order valence-electron chi connectivity index (χ1n) is 5.40. The Kier molecular flexibility index (Phi) is 2.07. The van der Waals surface area contributed by atoms with E-state index in [-0.39, 0.29) is 0 Å². The number of benzene rings is 2. The molecule has 0 N–H and O–H groups in total. The van der Waals surface area contributed by atoms with E-state index in [0.717, 1.165) is 16.9 Å². The van der Waals surface area contributed by atoms with Gasteiger partial charge in [-0.05, 0) is 11.5 Å². The second kappa shape index (κ2) is 3.56. The molecule has 0 fully saturated rings. The molecule has 76 valence electrons. The molecule has 0 radical (unpaired) electrons. The largest absolute Gasteiger partial charge is 0.457 e. The highest BCUT2D eigenvalue weighted by molar-refractivity contribution is 6.41. The van der Waals surface area contributed by atoms with E-state index in [1.54, 1.807) is 0 Å². The van der Waals surface area contributed by atoms with Crippen LogP contribution in [0.3, 0.4) is 0 Å². The van der Waals surface area contributed by atoms with E-state index in [1.165, 1.54) is 10.8 Å². The summed E-state index contributed by atoms with van der Waals surface area (Å²) < 4.78 is 5.88. The Hall–Kier alpha value is -1.96. The molecular formula is C14H11BO. The van der Waals surface area contributed by atoms with Gasteiger partial charge >= 0.3 is 0 Å². The van der Waals surface area contributed by atoms with E-state index in [9.17, 15) is 0 Å². The lowest BCUT2D eigenvalue weighted by Crippen LogP contribution is -2.02. The lowest BCUT2D eigenvalue weighted by Gasteiger charge is -1.97. The zero-order valence-electron chi connectivity index (χ0n) is 9.10. The molecule has 16 heavy (non-hydrogen) atoms. The highest BCUT2D eigenvalue weighted by atomic mass is 16.3. The molecule has 0 aliphatic carbocycles. The summed E-state index contributed by atoms with van der Waals surface area (Å²) in [7, 11) is 2.11. The van der Waals surface area contributed by atoms with Crippen LogP contribution in [0.2, 0.25) is 0 Å². The van der Waals surface area contributed by atoms with E-state index >= 15 is 0 Å². The molecule has 0 unspecified atom stereocenters. The smallest absolute Gasteiger partial charge is 0.145 e. The summed E-state index contributed by atoms with van der Waals surface area (Å²) in [5, 5.41) is 1.20. The summed E-state index contributed by atoms with van der Waals surface area (Å²) in [6.07, 6.45) is 0. The van der Waals surface area contributed by atoms with E-state index in [1.807, 2.05) is 36.4 Å². The lowest BCUT2D eigenvalue weighted by atomic mass is 9.90. The standard InChI is InChI=1S/C14H11BO/c15-13-11-8-4-5-9-12(11)16-14(13)10-6-2-1-3-7-10/h1-9H,15H2. The van der Waals surface area contributed by atoms with Crippen molar-refractivity contribution < 1.29 is 4.42 Å². The second-order valence-electron chi connectivity index (χ2n) is 3.92. The summed E-state index contributed by atoms with van der Waals surface area (Å²) in [4.78, 5) is 0. The molecular weight excluding hydrogens is 195 g/mol. The van der Waals surface area contributed by atoms with Crippen LogP contribution < -0.4 is 5.46 Å². The highest BCUT2D eigenvalue weighted by Crippen LogP contribution is 2.24. The summed E-state index contributed by atoms with van der Waals surface area (Å²) in [6, 6.07) is 18.4. The van der Waals surface area contributed by atoms with Crippen molar-refractivity contribution in [1.82, 2.24) is 0 Å². The zero-order chi connectivity index (χ0) is 11.0. The van der Waals surface area contributed by atoms with Crippen molar-refractivity contribution >= 4 is 24.3 Å². The van der Waals surface area contributed by atoms with Gasteiger partial charge in [-0.3, -0.25) is 0 Å². The molecule has 3 aromatic rings. The first-order valence-corrected chi connectivity index (χ1v) is 5.40. The molecule has 0 aliphatic rings. The summed E-state index contributed by atoms with van der Waals surface area (Å²) in [5.41, 5.74) is 3.30. The van der Waals surface area contributed by atoms with Crippen LogP contribution in [0.1, 0.15) is 0 Å². The molecule has 1 nitrogen and oxygen atoms in total. The maximum absolute atomic E-state index is 5.88. The number of fused-ring (bicyclic) bond motifs is 1. The second-order valence-corrected chi connectivity index (χ2v) is 3.92. The fraction of sp³-hybridized carbons (Fsp3) is 0. The molecule has 2 aromatic carbocycles. The van der Waals surface area contributed by atoms with Crippen LogP contribution in [0, 0.1) is 0 Å². The normalized spacial score (nSPS) is 10.8. The van der Waals surface area contributed by atoms with Gasteiger partial charge < -0.3 is 4.42 Å². The topological polar surface area (TPSA) is 13.1 Å².